The molecule has 0 aliphatic carbocycles. The van der Waals surface area contributed by atoms with Gasteiger partial charge in [0.1, 0.15) is 13.7 Å². The molecule has 1 nitrogen and oxygen atoms in total. The first kappa shape index (κ1) is 9.97. The molecule has 0 atom stereocenters. The summed E-state index contributed by atoms with van der Waals surface area (Å²) in [5.41, 5.74) is 1.36. The lowest BCUT2D eigenvalue weighted by Gasteiger charge is -2.03. The molecule has 0 heterocycles. The third-order valence-electron chi connectivity index (χ3n) is 1.98. The Hall–Kier alpha value is -1.12. The van der Waals surface area contributed by atoms with Gasteiger partial charge in [0, 0.05) is 12.0 Å². The fourth-order valence-electron chi connectivity index (χ4n) is 1.26. The monoisotopic (exact) mass is 178 g/mol. The van der Waals surface area contributed by atoms with Crippen molar-refractivity contribution in [1.82, 2.24) is 0 Å². The van der Waals surface area contributed by atoms with Gasteiger partial charge in [-0.25, -0.2) is 4.39 Å². The molecule has 0 aliphatic heterocycles. The van der Waals surface area contributed by atoms with E-state index < -0.39 is 0 Å². The number of carbonyl (C=O) groups is 1. The van der Waals surface area contributed by atoms with Gasteiger partial charge in [0.05, 0.1) is 0 Å². The first-order valence-corrected chi connectivity index (χ1v) is 4.44. The Labute approximate surface area is 78.4 Å². The SMILES string of the molecule is Bc1ccc(F)cc1C(=O)CCC. The van der Waals surface area contributed by atoms with E-state index in [4.69, 9.17) is 0 Å². The highest BCUT2D eigenvalue weighted by Gasteiger charge is 2.08. The maximum absolute atomic E-state index is 12.8. The number of benzene rings is 1. The molecule has 0 spiro atoms. The summed E-state index contributed by atoms with van der Waals surface area (Å²) in [6.45, 7) is 1.94. The predicted octanol–water partition coefficient (Wildman–Crippen LogP) is 1.07. The lowest BCUT2D eigenvalue weighted by molar-refractivity contribution is 0.0982. The molecule has 0 radical (unpaired) electrons. The molecule has 0 amide bonds. The van der Waals surface area contributed by atoms with Gasteiger partial charge < -0.3 is 0 Å². The molecular weight excluding hydrogens is 166 g/mol. The van der Waals surface area contributed by atoms with E-state index in [0.717, 1.165) is 11.9 Å². The quantitative estimate of drug-likeness (QED) is 0.499. The summed E-state index contributed by atoms with van der Waals surface area (Å²) in [7, 11) is 1.82. The lowest BCUT2D eigenvalue weighted by atomic mass is 9.87. The Balaban J connectivity index is 2.99. The van der Waals surface area contributed by atoms with Gasteiger partial charge in [-0.15, -0.1) is 0 Å². The molecule has 0 aromatic heterocycles. The number of rotatable bonds is 3. The van der Waals surface area contributed by atoms with E-state index in [-0.39, 0.29) is 11.6 Å². The Bertz CT molecular complexity index is 323. The van der Waals surface area contributed by atoms with Crippen LogP contribution in [-0.2, 0) is 0 Å². The average Bonchev–Trinajstić information content (AvgIpc) is 2.09. The van der Waals surface area contributed by atoms with Crippen molar-refractivity contribution in [1.29, 1.82) is 0 Å². The zero-order valence-corrected chi connectivity index (χ0v) is 7.93. The van der Waals surface area contributed by atoms with Crippen LogP contribution in [0.25, 0.3) is 0 Å². The molecule has 13 heavy (non-hydrogen) atoms. The summed E-state index contributed by atoms with van der Waals surface area (Å²) in [6, 6.07) is 4.32. The Kier molecular flexibility index (Phi) is 3.23. The normalized spacial score (nSPS) is 10.0. The van der Waals surface area contributed by atoms with E-state index in [1.54, 1.807) is 6.07 Å². The molecule has 0 saturated carbocycles. The van der Waals surface area contributed by atoms with Crippen molar-refractivity contribution in [2.45, 2.75) is 19.8 Å². The number of carbonyl (C=O) groups excluding carboxylic acids is 1. The molecule has 0 bridgehead atoms. The maximum atomic E-state index is 12.8. The summed E-state index contributed by atoms with van der Waals surface area (Å²) < 4.78 is 12.8. The van der Waals surface area contributed by atoms with Crippen LogP contribution < -0.4 is 5.46 Å². The zero-order valence-electron chi connectivity index (χ0n) is 7.93. The van der Waals surface area contributed by atoms with Gasteiger partial charge in [-0.3, -0.25) is 4.79 Å². The van der Waals surface area contributed by atoms with Gasteiger partial charge in [0.2, 0.25) is 0 Å². The Morgan fingerprint density at radius 1 is 1.54 bits per heavy atom. The van der Waals surface area contributed by atoms with Gasteiger partial charge >= 0.3 is 0 Å². The van der Waals surface area contributed by atoms with E-state index in [0.29, 0.717) is 12.0 Å². The third kappa shape index (κ3) is 2.41. The van der Waals surface area contributed by atoms with Crippen molar-refractivity contribution < 1.29 is 9.18 Å². The standard InChI is InChI=1S/C10H12BFO/c1-2-3-10(13)8-6-7(12)4-5-9(8)11/h4-6H,2-3,11H2,1H3. The maximum Gasteiger partial charge on any atom is 0.162 e. The van der Waals surface area contributed by atoms with Crippen LogP contribution in [0.2, 0.25) is 0 Å². The van der Waals surface area contributed by atoms with Gasteiger partial charge in [0.25, 0.3) is 0 Å². The van der Waals surface area contributed by atoms with Crippen LogP contribution in [0.5, 0.6) is 0 Å². The predicted molar refractivity (Wildman–Crippen MR) is 53.8 cm³/mol. The van der Waals surface area contributed by atoms with Crippen LogP contribution in [0.15, 0.2) is 18.2 Å². The van der Waals surface area contributed by atoms with Crippen molar-refractivity contribution in [3.05, 3.63) is 29.6 Å². The molecular formula is C10H12BFO. The van der Waals surface area contributed by atoms with Crippen LogP contribution >= 0.6 is 0 Å². The smallest absolute Gasteiger partial charge is 0.162 e. The average molecular weight is 178 g/mol. The largest absolute Gasteiger partial charge is 0.294 e. The van der Waals surface area contributed by atoms with Crippen LogP contribution in [0.1, 0.15) is 30.1 Å². The van der Waals surface area contributed by atoms with Crippen molar-refractivity contribution in [3.63, 3.8) is 0 Å². The van der Waals surface area contributed by atoms with Gasteiger partial charge in [-0.2, -0.15) is 0 Å². The minimum atomic E-state index is -0.343. The highest BCUT2D eigenvalue weighted by atomic mass is 19.1. The van der Waals surface area contributed by atoms with Crippen LogP contribution in [0, 0.1) is 5.82 Å². The first-order valence-electron chi connectivity index (χ1n) is 4.44. The summed E-state index contributed by atoms with van der Waals surface area (Å²) in [6.07, 6.45) is 1.29. The molecule has 68 valence electrons. The van der Waals surface area contributed by atoms with Crippen molar-refractivity contribution in [2.24, 2.45) is 0 Å². The van der Waals surface area contributed by atoms with Crippen molar-refractivity contribution >= 4 is 19.1 Å². The minimum Gasteiger partial charge on any atom is -0.294 e. The van der Waals surface area contributed by atoms with Crippen molar-refractivity contribution in [2.75, 3.05) is 0 Å². The molecule has 1 rings (SSSR count). The van der Waals surface area contributed by atoms with E-state index in [2.05, 4.69) is 0 Å². The fraction of sp³-hybridized carbons (Fsp3) is 0.300. The Morgan fingerprint density at radius 2 is 2.23 bits per heavy atom. The van der Waals surface area contributed by atoms with E-state index in [9.17, 15) is 9.18 Å². The highest BCUT2D eigenvalue weighted by molar-refractivity contribution is 6.36. The Morgan fingerprint density at radius 3 is 2.85 bits per heavy atom. The number of halogens is 1. The van der Waals surface area contributed by atoms with Crippen LogP contribution in [0.3, 0.4) is 0 Å². The fourth-order valence-corrected chi connectivity index (χ4v) is 1.26. The molecule has 0 aliphatic rings. The van der Waals surface area contributed by atoms with E-state index in [1.165, 1.54) is 12.1 Å². The first-order chi connectivity index (χ1) is 6.15. The van der Waals surface area contributed by atoms with Crippen molar-refractivity contribution in [3.8, 4) is 0 Å². The number of ketones is 1. The molecule has 3 heteroatoms. The van der Waals surface area contributed by atoms with E-state index >= 15 is 0 Å². The second-order valence-corrected chi connectivity index (χ2v) is 3.13. The van der Waals surface area contributed by atoms with Crippen LogP contribution in [-0.4, -0.2) is 13.6 Å². The zero-order chi connectivity index (χ0) is 9.84. The van der Waals surface area contributed by atoms with Gasteiger partial charge in [-0.1, -0.05) is 18.5 Å². The van der Waals surface area contributed by atoms with Gasteiger partial charge in [-0.05, 0) is 18.6 Å². The molecule has 0 unspecified atom stereocenters. The molecule has 1 aromatic carbocycles. The molecule has 0 fully saturated rings. The summed E-state index contributed by atoms with van der Waals surface area (Å²) in [5.74, 6) is -0.315. The molecule has 1 aromatic rings. The summed E-state index contributed by atoms with van der Waals surface area (Å²) in [5, 5.41) is 0. The second-order valence-electron chi connectivity index (χ2n) is 3.13. The molecule has 0 N–H and O–H groups in total. The number of hydrogen-bond acceptors (Lipinski definition) is 1. The summed E-state index contributed by atoms with van der Waals surface area (Å²) in [4.78, 5) is 11.5. The minimum absolute atomic E-state index is 0.0273. The van der Waals surface area contributed by atoms with Crippen LogP contribution in [0.4, 0.5) is 4.39 Å². The second kappa shape index (κ2) is 4.22. The topological polar surface area (TPSA) is 17.1 Å². The lowest BCUT2D eigenvalue weighted by Crippen LogP contribution is -2.15. The molecule has 0 saturated heterocycles. The highest BCUT2D eigenvalue weighted by Crippen LogP contribution is 2.05. The summed E-state index contributed by atoms with van der Waals surface area (Å²) >= 11 is 0. The van der Waals surface area contributed by atoms with E-state index in [1.807, 2.05) is 14.8 Å². The number of hydrogen-bond donors (Lipinski definition) is 0. The van der Waals surface area contributed by atoms with Gasteiger partial charge in [0.15, 0.2) is 5.78 Å². The third-order valence-corrected chi connectivity index (χ3v) is 1.98. The number of Topliss-reactive ketones (excluding diaryl/α,β-unsaturated/α-hetero) is 1.